The fourth-order valence-corrected chi connectivity index (χ4v) is 2.70. The minimum absolute atomic E-state index is 0.0535. The lowest BCUT2D eigenvalue weighted by Gasteiger charge is -2.27. The summed E-state index contributed by atoms with van der Waals surface area (Å²) in [6.45, 7) is 2.59. The lowest BCUT2D eigenvalue weighted by molar-refractivity contribution is -0.241. The minimum Gasteiger partial charge on any atom is -0.462 e. The van der Waals surface area contributed by atoms with Crippen molar-refractivity contribution in [1.29, 1.82) is 0 Å². The Hall–Kier alpha value is -2.01. The molecule has 0 bridgehead atoms. The van der Waals surface area contributed by atoms with Gasteiger partial charge in [-0.15, -0.1) is 0 Å². The Labute approximate surface area is 137 Å². The van der Waals surface area contributed by atoms with Gasteiger partial charge in [0.1, 0.15) is 0 Å². The monoisotopic (exact) mass is 343 g/mol. The van der Waals surface area contributed by atoms with Gasteiger partial charge in [-0.25, -0.2) is 9.59 Å². The summed E-state index contributed by atoms with van der Waals surface area (Å²) in [6.07, 6.45) is -0.124. The third kappa shape index (κ3) is 3.00. The fourth-order valence-electron chi connectivity index (χ4n) is 2.70. The van der Waals surface area contributed by atoms with Crippen molar-refractivity contribution in [1.82, 2.24) is 14.6 Å². The predicted molar refractivity (Wildman–Crippen MR) is 81.0 cm³/mol. The van der Waals surface area contributed by atoms with Crippen LogP contribution in [0.5, 0.6) is 0 Å². The van der Waals surface area contributed by atoms with Crippen LogP contribution in [0.25, 0.3) is 0 Å². The number of aromatic amines is 1. The van der Waals surface area contributed by atoms with Crippen molar-refractivity contribution >= 4 is 5.97 Å². The quantitative estimate of drug-likeness (QED) is 0.525. The number of hydrogen-bond acceptors (Lipinski definition) is 8. The smallest absolute Gasteiger partial charge is 0.362 e. The summed E-state index contributed by atoms with van der Waals surface area (Å²) in [5.74, 6) is -0.835. The third-order valence-electron chi connectivity index (χ3n) is 3.98. The van der Waals surface area contributed by atoms with Crippen molar-refractivity contribution in [2.24, 2.45) is 0 Å². The second-order valence-electron chi connectivity index (χ2n) is 5.61. The van der Waals surface area contributed by atoms with Crippen LogP contribution in [0.4, 0.5) is 0 Å². The molecular weight excluding hydrogens is 322 g/mol. The molecule has 1 aliphatic heterocycles. The van der Waals surface area contributed by atoms with Gasteiger partial charge < -0.3 is 14.9 Å². The molecule has 0 saturated carbocycles. The molecule has 0 aromatic carbocycles. The standard InChI is InChI=1S/C14H21N3O7/c1-4-23-12(21)14(5-9(10(19)7-18)16(3)24-14)17-6-8(2)11(20)15-13(17)22/h6,9-10,18-19H,4-5,7H2,1-3H3,(H,15,20,22)/t9-,10+,14-/m0/s1. The van der Waals surface area contributed by atoms with Crippen LogP contribution < -0.4 is 11.2 Å². The number of esters is 1. The van der Waals surface area contributed by atoms with Gasteiger partial charge in [0, 0.05) is 25.2 Å². The summed E-state index contributed by atoms with van der Waals surface area (Å²) in [5.41, 5.74) is -3.09. The molecule has 134 valence electrons. The molecule has 0 spiro atoms. The van der Waals surface area contributed by atoms with Crippen molar-refractivity contribution in [2.75, 3.05) is 20.3 Å². The lowest BCUT2D eigenvalue weighted by atomic mass is 10.0. The first-order valence-corrected chi connectivity index (χ1v) is 7.48. The number of aromatic nitrogens is 2. The number of aliphatic hydroxyl groups is 2. The van der Waals surface area contributed by atoms with Crippen LogP contribution in [0.3, 0.4) is 0 Å². The summed E-state index contributed by atoms with van der Waals surface area (Å²) >= 11 is 0. The van der Waals surface area contributed by atoms with Gasteiger partial charge in [0.2, 0.25) is 0 Å². The molecule has 10 heteroatoms. The molecule has 0 radical (unpaired) electrons. The van der Waals surface area contributed by atoms with Crippen LogP contribution >= 0.6 is 0 Å². The number of H-pyrrole nitrogens is 1. The van der Waals surface area contributed by atoms with E-state index in [9.17, 15) is 19.5 Å². The summed E-state index contributed by atoms with van der Waals surface area (Å²) in [7, 11) is 1.47. The number of carbonyl (C=O) groups is 1. The molecule has 3 atom stereocenters. The van der Waals surface area contributed by atoms with Gasteiger partial charge in [0.05, 0.1) is 25.4 Å². The number of hydrogen-bond donors (Lipinski definition) is 3. The Bertz CT molecular complexity index is 728. The van der Waals surface area contributed by atoms with E-state index in [2.05, 4.69) is 4.98 Å². The normalized spacial score (nSPS) is 25.6. The predicted octanol–water partition coefficient (Wildman–Crippen LogP) is -1.95. The molecule has 24 heavy (non-hydrogen) atoms. The number of carbonyl (C=O) groups excluding carboxylic acids is 1. The number of rotatable bonds is 5. The lowest BCUT2D eigenvalue weighted by Crippen LogP contribution is -2.51. The number of aryl methyl sites for hydroxylation is 1. The second kappa shape index (κ2) is 6.85. The van der Waals surface area contributed by atoms with Crippen molar-refractivity contribution in [3.63, 3.8) is 0 Å². The number of ether oxygens (including phenoxy) is 1. The molecule has 0 aliphatic carbocycles. The number of nitrogens with one attached hydrogen (secondary N) is 1. The maximum atomic E-state index is 12.5. The molecule has 10 nitrogen and oxygen atoms in total. The van der Waals surface area contributed by atoms with E-state index in [4.69, 9.17) is 14.7 Å². The largest absolute Gasteiger partial charge is 0.462 e. The minimum atomic E-state index is -1.88. The Morgan fingerprint density at radius 3 is 2.83 bits per heavy atom. The van der Waals surface area contributed by atoms with E-state index in [1.165, 1.54) is 25.2 Å². The van der Waals surface area contributed by atoms with Crippen molar-refractivity contribution in [3.05, 3.63) is 32.6 Å². The molecule has 1 fully saturated rings. The van der Waals surface area contributed by atoms with Crippen LogP contribution in [-0.2, 0) is 20.1 Å². The Balaban J connectivity index is 2.59. The maximum absolute atomic E-state index is 12.5. The average Bonchev–Trinajstić information content (AvgIpc) is 2.89. The Morgan fingerprint density at radius 2 is 2.25 bits per heavy atom. The number of likely N-dealkylation sites (N-methyl/N-ethyl adjacent to an activating group) is 1. The van der Waals surface area contributed by atoms with Crippen LogP contribution in [-0.4, -0.2) is 63.2 Å². The van der Waals surface area contributed by atoms with E-state index >= 15 is 0 Å². The first-order chi connectivity index (χ1) is 11.3. The van der Waals surface area contributed by atoms with Gasteiger partial charge in [-0.3, -0.25) is 19.2 Å². The number of nitrogens with zero attached hydrogens (tertiary/aromatic N) is 2. The highest BCUT2D eigenvalue weighted by Crippen LogP contribution is 2.36. The molecule has 1 aromatic heterocycles. The summed E-state index contributed by atoms with van der Waals surface area (Å²) in [5, 5.41) is 20.3. The molecule has 0 amide bonds. The van der Waals surface area contributed by atoms with E-state index in [0.717, 1.165) is 4.57 Å². The zero-order chi connectivity index (χ0) is 18.1. The van der Waals surface area contributed by atoms with Gasteiger partial charge in [-0.2, -0.15) is 5.06 Å². The summed E-state index contributed by atoms with van der Waals surface area (Å²) in [4.78, 5) is 44.1. The van der Waals surface area contributed by atoms with E-state index in [-0.39, 0.29) is 18.6 Å². The number of aliphatic hydroxyl groups excluding tert-OH is 2. The maximum Gasteiger partial charge on any atom is 0.362 e. The molecule has 1 saturated heterocycles. The van der Waals surface area contributed by atoms with Crippen LogP contribution in [0.1, 0.15) is 18.9 Å². The Kier molecular flexibility index (Phi) is 5.23. The topological polar surface area (TPSA) is 134 Å². The van der Waals surface area contributed by atoms with Crippen molar-refractivity contribution in [2.45, 2.75) is 38.1 Å². The molecule has 2 rings (SSSR count). The fraction of sp³-hybridized carbons (Fsp3) is 0.643. The highest BCUT2D eigenvalue weighted by atomic mass is 16.7. The van der Waals surface area contributed by atoms with Gasteiger partial charge in [-0.1, -0.05) is 0 Å². The highest BCUT2D eigenvalue weighted by molar-refractivity contribution is 5.77. The molecule has 2 heterocycles. The van der Waals surface area contributed by atoms with Gasteiger partial charge >= 0.3 is 11.7 Å². The first-order valence-electron chi connectivity index (χ1n) is 7.48. The molecule has 1 aliphatic rings. The zero-order valence-electron chi connectivity index (χ0n) is 13.7. The summed E-state index contributed by atoms with van der Waals surface area (Å²) < 4.78 is 5.98. The van der Waals surface area contributed by atoms with Gasteiger partial charge in [0.15, 0.2) is 0 Å². The van der Waals surface area contributed by atoms with Crippen molar-refractivity contribution < 1.29 is 24.6 Å². The first kappa shape index (κ1) is 18.3. The van der Waals surface area contributed by atoms with E-state index in [0.29, 0.717) is 0 Å². The summed E-state index contributed by atoms with van der Waals surface area (Å²) in [6, 6.07) is -0.751. The van der Waals surface area contributed by atoms with Gasteiger partial charge in [-0.05, 0) is 13.8 Å². The molecule has 3 N–H and O–H groups in total. The molecule has 1 aromatic rings. The highest BCUT2D eigenvalue weighted by Gasteiger charge is 2.55. The Morgan fingerprint density at radius 1 is 1.58 bits per heavy atom. The van der Waals surface area contributed by atoms with E-state index < -0.39 is 41.7 Å². The van der Waals surface area contributed by atoms with Crippen LogP contribution in [0.2, 0.25) is 0 Å². The zero-order valence-corrected chi connectivity index (χ0v) is 13.7. The van der Waals surface area contributed by atoms with Crippen LogP contribution in [0, 0.1) is 6.92 Å². The van der Waals surface area contributed by atoms with Crippen LogP contribution in [0.15, 0.2) is 15.8 Å². The van der Waals surface area contributed by atoms with E-state index in [1.54, 1.807) is 6.92 Å². The number of hydroxylamine groups is 2. The molecule has 0 unspecified atom stereocenters. The van der Waals surface area contributed by atoms with E-state index in [1.807, 2.05) is 0 Å². The SMILES string of the molecule is CCOC(=O)[C@]1(n2cc(C)c(=O)[nH]c2=O)C[C@@H]([C@H](O)CO)N(C)O1. The van der Waals surface area contributed by atoms with Crippen molar-refractivity contribution in [3.8, 4) is 0 Å². The molecular formula is C14H21N3O7. The third-order valence-corrected chi connectivity index (χ3v) is 3.98. The van der Waals surface area contributed by atoms with Gasteiger partial charge in [0.25, 0.3) is 11.3 Å². The second-order valence-corrected chi connectivity index (χ2v) is 5.61. The average molecular weight is 343 g/mol.